The highest BCUT2D eigenvalue weighted by atomic mass is 32.1. The van der Waals surface area contributed by atoms with Gasteiger partial charge in [0.1, 0.15) is 5.75 Å². The van der Waals surface area contributed by atoms with Crippen LogP contribution in [0, 0.1) is 0 Å². The molecule has 3 aromatic heterocycles. The summed E-state index contributed by atoms with van der Waals surface area (Å²) in [6.07, 6.45) is 1.95. The molecule has 0 saturated carbocycles. The molecule has 164 valence electrons. The molecule has 0 bridgehead atoms. The van der Waals surface area contributed by atoms with Crippen LogP contribution in [-0.4, -0.2) is 51.3 Å². The monoisotopic (exact) mass is 449 g/mol. The predicted octanol–water partition coefficient (Wildman–Crippen LogP) is 4.15. The first-order valence-electron chi connectivity index (χ1n) is 10.5. The Morgan fingerprint density at radius 1 is 1.25 bits per heavy atom. The number of likely N-dealkylation sites (tertiary alicyclic amines) is 1. The third kappa shape index (κ3) is 4.16. The number of hydrogen-bond acceptors (Lipinski definition) is 7. The van der Waals surface area contributed by atoms with E-state index in [9.17, 15) is 4.79 Å². The third-order valence-electron chi connectivity index (χ3n) is 5.77. The number of ether oxygens (including phenoxy) is 1. The molecule has 0 spiro atoms. The lowest BCUT2D eigenvalue weighted by Crippen LogP contribution is -2.39. The number of carbonyl (C=O) groups is 1. The van der Waals surface area contributed by atoms with Crippen LogP contribution in [0.15, 0.2) is 52.4 Å². The molecule has 1 amide bonds. The topological polar surface area (TPSA) is 97.1 Å². The number of aromatic amines is 1. The smallest absolute Gasteiger partial charge is 0.278 e. The van der Waals surface area contributed by atoms with Crippen molar-refractivity contribution < 1.29 is 14.1 Å². The van der Waals surface area contributed by atoms with Gasteiger partial charge in [-0.1, -0.05) is 29.4 Å². The Bertz CT molecular complexity index is 1190. The molecule has 8 nitrogen and oxygen atoms in total. The zero-order valence-corrected chi connectivity index (χ0v) is 18.5. The first-order valence-corrected chi connectivity index (χ1v) is 11.4. The number of para-hydroxylation sites is 1. The fourth-order valence-corrected chi connectivity index (χ4v) is 4.70. The zero-order valence-electron chi connectivity index (χ0n) is 17.7. The number of thiophene rings is 1. The van der Waals surface area contributed by atoms with E-state index in [1.165, 1.54) is 0 Å². The quantitative estimate of drug-likeness (QED) is 0.475. The second-order valence-corrected chi connectivity index (χ2v) is 8.69. The van der Waals surface area contributed by atoms with Gasteiger partial charge < -0.3 is 14.2 Å². The first kappa shape index (κ1) is 20.4. The molecule has 1 aromatic carbocycles. The van der Waals surface area contributed by atoms with Crippen LogP contribution in [0.4, 0.5) is 0 Å². The average Bonchev–Trinajstić information content (AvgIpc) is 3.60. The van der Waals surface area contributed by atoms with Crippen LogP contribution in [0.2, 0.25) is 0 Å². The summed E-state index contributed by atoms with van der Waals surface area (Å²) in [4.78, 5) is 20.4. The number of amides is 1. The van der Waals surface area contributed by atoms with E-state index in [1.807, 2.05) is 52.7 Å². The summed E-state index contributed by atoms with van der Waals surface area (Å²) < 4.78 is 10.8. The second kappa shape index (κ2) is 8.96. The van der Waals surface area contributed by atoms with E-state index in [-0.39, 0.29) is 11.8 Å². The Morgan fingerprint density at radius 3 is 2.88 bits per heavy atom. The average molecular weight is 450 g/mol. The molecule has 1 N–H and O–H groups in total. The Balaban J connectivity index is 1.20. The van der Waals surface area contributed by atoms with Crippen molar-refractivity contribution in [1.29, 1.82) is 0 Å². The lowest BCUT2D eigenvalue weighted by atomic mass is 9.95. The maximum atomic E-state index is 12.8. The summed E-state index contributed by atoms with van der Waals surface area (Å²) in [5.74, 6) is 2.11. The van der Waals surface area contributed by atoms with E-state index in [0.717, 1.165) is 34.7 Å². The number of piperidine rings is 1. The number of benzene rings is 1. The molecule has 4 aromatic rings. The second-order valence-electron chi connectivity index (χ2n) is 7.75. The van der Waals surface area contributed by atoms with Crippen molar-refractivity contribution in [2.75, 3.05) is 20.2 Å². The molecular formula is C23H23N5O3S. The minimum atomic E-state index is 0.111. The Morgan fingerprint density at radius 2 is 2.09 bits per heavy atom. The highest BCUT2D eigenvalue weighted by Gasteiger charge is 2.28. The molecule has 0 unspecified atom stereocenters. The van der Waals surface area contributed by atoms with Crippen molar-refractivity contribution in [3.63, 3.8) is 0 Å². The van der Waals surface area contributed by atoms with Gasteiger partial charge in [0.25, 0.3) is 5.89 Å². The summed E-state index contributed by atoms with van der Waals surface area (Å²) in [7, 11) is 1.62. The lowest BCUT2D eigenvalue weighted by molar-refractivity contribution is -0.131. The highest BCUT2D eigenvalue weighted by molar-refractivity contribution is 7.13. The van der Waals surface area contributed by atoms with E-state index in [2.05, 4.69) is 20.3 Å². The van der Waals surface area contributed by atoms with Gasteiger partial charge in [0, 0.05) is 24.6 Å². The van der Waals surface area contributed by atoms with Crippen molar-refractivity contribution in [3.8, 4) is 27.9 Å². The molecule has 1 saturated heterocycles. The summed E-state index contributed by atoms with van der Waals surface area (Å²) in [5, 5.41) is 13.5. The third-order valence-corrected chi connectivity index (χ3v) is 6.68. The van der Waals surface area contributed by atoms with Gasteiger partial charge in [-0.25, -0.2) is 0 Å². The fraction of sp³-hybridized carbons (Fsp3) is 0.304. The Kier molecular flexibility index (Phi) is 5.72. The molecule has 32 heavy (non-hydrogen) atoms. The molecule has 5 rings (SSSR count). The molecule has 4 heterocycles. The Labute approximate surface area is 189 Å². The number of hydrogen-bond donors (Lipinski definition) is 1. The molecule has 0 radical (unpaired) electrons. The van der Waals surface area contributed by atoms with Gasteiger partial charge >= 0.3 is 0 Å². The SMILES string of the molecule is COc1ccccc1CC(=O)N1CCC(c2noc(-c3cc(-c4cccs4)[nH]n3)n2)CC1. The van der Waals surface area contributed by atoms with Crippen molar-refractivity contribution in [1.82, 2.24) is 25.2 Å². The van der Waals surface area contributed by atoms with Gasteiger partial charge in [-0.15, -0.1) is 11.3 Å². The van der Waals surface area contributed by atoms with E-state index in [0.29, 0.717) is 36.9 Å². The van der Waals surface area contributed by atoms with Gasteiger partial charge in [0.05, 0.1) is 24.1 Å². The van der Waals surface area contributed by atoms with Crippen LogP contribution in [0.25, 0.3) is 22.2 Å². The van der Waals surface area contributed by atoms with E-state index < -0.39 is 0 Å². The van der Waals surface area contributed by atoms with Gasteiger partial charge in [0.2, 0.25) is 5.91 Å². The number of nitrogens with zero attached hydrogens (tertiary/aromatic N) is 4. The first-order chi connectivity index (χ1) is 15.7. The van der Waals surface area contributed by atoms with Crippen LogP contribution in [-0.2, 0) is 11.2 Å². The maximum Gasteiger partial charge on any atom is 0.278 e. The molecule has 1 aliphatic rings. The number of H-pyrrole nitrogens is 1. The standard InChI is InChI=1S/C23H23N5O3S/c1-30-19-6-3-2-5-16(19)13-21(29)28-10-8-15(9-11-28)22-24-23(31-27-22)18-14-17(25-26-18)20-7-4-12-32-20/h2-7,12,14-15H,8-11,13H2,1H3,(H,25,26). The van der Waals surface area contributed by atoms with E-state index in [4.69, 9.17) is 9.26 Å². The maximum absolute atomic E-state index is 12.8. The normalized spacial score (nSPS) is 14.6. The van der Waals surface area contributed by atoms with Crippen molar-refractivity contribution in [2.24, 2.45) is 0 Å². The fourth-order valence-electron chi connectivity index (χ4n) is 4.00. The molecule has 0 atom stereocenters. The zero-order chi connectivity index (χ0) is 21.9. The highest BCUT2D eigenvalue weighted by Crippen LogP contribution is 2.30. The minimum Gasteiger partial charge on any atom is -0.496 e. The van der Waals surface area contributed by atoms with Gasteiger partial charge in [-0.2, -0.15) is 10.1 Å². The summed E-state index contributed by atoms with van der Waals surface area (Å²) in [5.41, 5.74) is 2.47. The number of methoxy groups -OCH3 is 1. The van der Waals surface area contributed by atoms with Crippen molar-refractivity contribution in [3.05, 3.63) is 59.2 Å². The van der Waals surface area contributed by atoms with Crippen molar-refractivity contribution >= 4 is 17.2 Å². The largest absolute Gasteiger partial charge is 0.496 e. The van der Waals surface area contributed by atoms with Gasteiger partial charge in [0.15, 0.2) is 11.5 Å². The van der Waals surface area contributed by atoms with Gasteiger partial charge in [-0.3, -0.25) is 9.89 Å². The minimum absolute atomic E-state index is 0.111. The molecular weight excluding hydrogens is 426 g/mol. The molecule has 1 aliphatic heterocycles. The number of carbonyl (C=O) groups excluding carboxylic acids is 1. The predicted molar refractivity (Wildman–Crippen MR) is 120 cm³/mol. The van der Waals surface area contributed by atoms with Crippen molar-refractivity contribution in [2.45, 2.75) is 25.2 Å². The number of aromatic nitrogens is 4. The van der Waals surface area contributed by atoms with E-state index >= 15 is 0 Å². The summed E-state index contributed by atoms with van der Waals surface area (Å²) in [6, 6.07) is 13.6. The van der Waals surface area contributed by atoms with Crippen LogP contribution in [0.3, 0.4) is 0 Å². The molecule has 9 heteroatoms. The Hall–Kier alpha value is -3.46. The van der Waals surface area contributed by atoms with E-state index in [1.54, 1.807) is 18.4 Å². The molecule has 0 aliphatic carbocycles. The summed E-state index contributed by atoms with van der Waals surface area (Å²) >= 11 is 1.64. The number of rotatable bonds is 6. The van der Waals surface area contributed by atoms with Crippen LogP contribution >= 0.6 is 11.3 Å². The lowest BCUT2D eigenvalue weighted by Gasteiger charge is -2.30. The summed E-state index contributed by atoms with van der Waals surface area (Å²) in [6.45, 7) is 1.35. The van der Waals surface area contributed by atoms with Crippen LogP contribution < -0.4 is 4.74 Å². The van der Waals surface area contributed by atoms with Crippen LogP contribution in [0.1, 0.15) is 30.1 Å². The molecule has 1 fully saturated rings. The number of nitrogens with one attached hydrogen (secondary N) is 1. The van der Waals surface area contributed by atoms with Gasteiger partial charge in [-0.05, 0) is 36.4 Å². The van der Waals surface area contributed by atoms with Crippen LogP contribution in [0.5, 0.6) is 5.75 Å².